The van der Waals surface area contributed by atoms with E-state index in [1.54, 1.807) is 30.6 Å². The molecule has 0 spiro atoms. The van der Waals surface area contributed by atoms with E-state index in [1.807, 2.05) is 24.0 Å². The fraction of sp³-hybridized carbons (Fsp3) is 0.409. The van der Waals surface area contributed by atoms with Crippen LogP contribution in [-0.2, 0) is 0 Å². The number of aryl methyl sites for hydroxylation is 1. The van der Waals surface area contributed by atoms with Gasteiger partial charge >= 0.3 is 0 Å². The zero-order chi connectivity index (χ0) is 19.9. The second kappa shape index (κ2) is 9.46. The molecular formula is C22H28N4O2. The van der Waals surface area contributed by atoms with Crippen LogP contribution in [0.15, 0.2) is 42.7 Å². The number of piperidine rings is 1. The average Bonchev–Trinajstić information content (AvgIpc) is 2.74. The molecular weight excluding hydrogens is 352 g/mol. The number of pyridine rings is 1. The molecule has 148 valence electrons. The first-order chi connectivity index (χ1) is 13.6. The summed E-state index contributed by atoms with van der Waals surface area (Å²) in [6, 6.07) is 8.88. The Hall–Kier alpha value is -2.73. The normalized spacial score (nSPS) is 14.7. The first kappa shape index (κ1) is 20.0. The molecule has 0 atom stereocenters. The van der Waals surface area contributed by atoms with Crippen LogP contribution in [0.4, 0.5) is 5.69 Å². The molecule has 1 saturated heterocycles. The van der Waals surface area contributed by atoms with Gasteiger partial charge in [-0.2, -0.15) is 0 Å². The molecule has 0 radical (unpaired) electrons. The molecule has 2 N–H and O–H groups in total. The van der Waals surface area contributed by atoms with Gasteiger partial charge in [-0.15, -0.1) is 0 Å². The van der Waals surface area contributed by atoms with Gasteiger partial charge in [0.2, 0.25) is 0 Å². The highest BCUT2D eigenvalue weighted by Gasteiger charge is 2.26. The number of anilines is 1. The minimum atomic E-state index is -0.241. The van der Waals surface area contributed by atoms with Crippen molar-refractivity contribution >= 4 is 17.5 Å². The number of nitrogens with zero attached hydrogens (tertiary/aromatic N) is 2. The number of rotatable bonds is 6. The highest BCUT2D eigenvalue weighted by Crippen LogP contribution is 2.25. The number of aromatic nitrogens is 1. The second-order valence-electron chi connectivity index (χ2n) is 7.23. The molecule has 1 aliphatic rings. The van der Waals surface area contributed by atoms with Crippen molar-refractivity contribution in [3.8, 4) is 0 Å². The summed E-state index contributed by atoms with van der Waals surface area (Å²) < 4.78 is 0. The minimum Gasteiger partial charge on any atom is -0.339 e. The predicted molar refractivity (Wildman–Crippen MR) is 111 cm³/mol. The van der Waals surface area contributed by atoms with Gasteiger partial charge < -0.3 is 15.5 Å². The molecule has 2 heterocycles. The smallest absolute Gasteiger partial charge is 0.255 e. The van der Waals surface area contributed by atoms with Gasteiger partial charge in [-0.25, -0.2) is 0 Å². The van der Waals surface area contributed by atoms with E-state index >= 15 is 0 Å². The Kier molecular flexibility index (Phi) is 6.76. The monoisotopic (exact) mass is 380 g/mol. The van der Waals surface area contributed by atoms with Crippen LogP contribution in [0.25, 0.3) is 0 Å². The molecule has 6 heteroatoms. The molecule has 6 nitrogen and oxygen atoms in total. The summed E-state index contributed by atoms with van der Waals surface area (Å²) in [5.74, 6) is 0.359. The maximum absolute atomic E-state index is 13.2. The topological polar surface area (TPSA) is 74.3 Å². The lowest BCUT2D eigenvalue weighted by atomic mass is 9.96. The van der Waals surface area contributed by atoms with Crippen molar-refractivity contribution in [1.82, 2.24) is 15.2 Å². The van der Waals surface area contributed by atoms with Gasteiger partial charge in [-0.1, -0.05) is 19.1 Å². The lowest BCUT2D eigenvalue weighted by Crippen LogP contribution is -2.41. The molecule has 2 amide bonds. The third-order valence-electron chi connectivity index (χ3n) is 5.27. The number of amides is 2. The number of carbonyl (C=O) groups excluding carboxylic acids is 2. The second-order valence-corrected chi connectivity index (χ2v) is 7.23. The molecule has 0 aliphatic carbocycles. The SMILES string of the molecule is CCNCC1CCN(C(=O)c2cccc(C)c2NC(=O)c2ccncc2)CC1. The average molecular weight is 380 g/mol. The van der Waals surface area contributed by atoms with Crippen molar-refractivity contribution in [3.05, 3.63) is 59.4 Å². The van der Waals surface area contributed by atoms with Crippen LogP contribution in [-0.4, -0.2) is 47.9 Å². The van der Waals surface area contributed by atoms with Crippen LogP contribution in [0, 0.1) is 12.8 Å². The number of nitrogens with one attached hydrogen (secondary N) is 2. The largest absolute Gasteiger partial charge is 0.339 e. The molecule has 2 aromatic rings. The van der Waals surface area contributed by atoms with Crippen molar-refractivity contribution in [2.24, 2.45) is 5.92 Å². The predicted octanol–water partition coefficient (Wildman–Crippen LogP) is 3.10. The van der Waals surface area contributed by atoms with E-state index in [1.165, 1.54) is 0 Å². The Morgan fingerprint density at radius 1 is 1.14 bits per heavy atom. The number of benzene rings is 1. The van der Waals surface area contributed by atoms with Crippen LogP contribution >= 0.6 is 0 Å². The van der Waals surface area contributed by atoms with Crippen molar-refractivity contribution in [3.63, 3.8) is 0 Å². The van der Waals surface area contributed by atoms with Gasteiger partial charge in [0.15, 0.2) is 0 Å². The van der Waals surface area contributed by atoms with E-state index in [2.05, 4.69) is 22.5 Å². The van der Waals surface area contributed by atoms with Crippen molar-refractivity contribution in [1.29, 1.82) is 0 Å². The fourth-order valence-electron chi connectivity index (χ4n) is 3.56. The Morgan fingerprint density at radius 2 is 1.86 bits per heavy atom. The quantitative estimate of drug-likeness (QED) is 0.808. The lowest BCUT2D eigenvalue weighted by Gasteiger charge is -2.32. The van der Waals surface area contributed by atoms with Crippen LogP contribution in [0.5, 0.6) is 0 Å². The third kappa shape index (κ3) is 4.75. The molecule has 1 fully saturated rings. The molecule has 0 unspecified atom stereocenters. The Balaban J connectivity index is 1.73. The number of carbonyl (C=O) groups is 2. The summed E-state index contributed by atoms with van der Waals surface area (Å²) in [6.07, 6.45) is 5.17. The van der Waals surface area contributed by atoms with Crippen LogP contribution in [0.3, 0.4) is 0 Å². The van der Waals surface area contributed by atoms with Crippen molar-refractivity contribution < 1.29 is 9.59 Å². The summed E-state index contributed by atoms with van der Waals surface area (Å²) in [4.78, 5) is 31.6. The van der Waals surface area contributed by atoms with Gasteiger partial charge in [0, 0.05) is 31.0 Å². The van der Waals surface area contributed by atoms with Gasteiger partial charge in [0.05, 0.1) is 11.3 Å². The number of para-hydroxylation sites is 1. The molecule has 0 saturated carbocycles. The fourth-order valence-corrected chi connectivity index (χ4v) is 3.56. The molecule has 1 aromatic carbocycles. The summed E-state index contributed by atoms with van der Waals surface area (Å²) in [5, 5.41) is 6.32. The maximum Gasteiger partial charge on any atom is 0.255 e. The lowest BCUT2D eigenvalue weighted by molar-refractivity contribution is 0.0691. The molecule has 3 rings (SSSR count). The summed E-state index contributed by atoms with van der Waals surface area (Å²) in [5.41, 5.74) is 2.52. The van der Waals surface area contributed by atoms with Gasteiger partial charge in [0.25, 0.3) is 11.8 Å². The summed E-state index contributed by atoms with van der Waals surface area (Å²) in [6.45, 7) is 7.50. The Labute approximate surface area is 166 Å². The Bertz CT molecular complexity index is 815. The van der Waals surface area contributed by atoms with E-state index in [9.17, 15) is 9.59 Å². The van der Waals surface area contributed by atoms with Crippen LogP contribution < -0.4 is 10.6 Å². The first-order valence-corrected chi connectivity index (χ1v) is 9.91. The number of hydrogen-bond acceptors (Lipinski definition) is 4. The Morgan fingerprint density at radius 3 is 2.54 bits per heavy atom. The van der Waals surface area contributed by atoms with Crippen LogP contribution in [0.2, 0.25) is 0 Å². The van der Waals surface area contributed by atoms with E-state index < -0.39 is 0 Å². The highest BCUT2D eigenvalue weighted by molar-refractivity contribution is 6.09. The number of hydrogen-bond donors (Lipinski definition) is 2. The van der Waals surface area contributed by atoms with Crippen molar-refractivity contribution in [2.45, 2.75) is 26.7 Å². The molecule has 1 aliphatic heterocycles. The van der Waals surface area contributed by atoms with Crippen LogP contribution in [0.1, 0.15) is 46.0 Å². The highest BCUT2D eigenvalue weighted by atomic mass is 16.2. The van der Waals surface area contributed by atoms with E-state index in [-0.39, 0.29) is 11.8 Å². The van der Waals surface area contributed by atoms with Crippen molar-refractivity contribution in [2.75, 3.05) is 31.5 Å². The van der Waals surface area contributed by atoms with Gasteiger partial charge in [-0.05, 0) is 62.5 Å². The van der Waals surface area contributed by atoms with E-state index in [4.69, 9.17) is 0 Å². The van der Waals surface area contributed by atoms with Gasteiger partial charge in [0.1, 0.15) is 0 Å². The third-order valence-corrected chi connectivity index (χ3v) is 5.27. The van der Waals surface area contributed by atoms with E-state index in [0.29, 0.717) is 22.7 Å². The summed E-state index contributed by atoms with van der Waals surface area (Å²) in [7, 11) is 0. The van der Waals surface area contributed by atoms with E-state index in [0.717, 1.165) is 44.6 Å². The molecule has 0 bridgehead atoms. The summed E-state index contributed by atoms with van der Waals surface area (Å²) >= 11 is 0. The first-order valence-electron chi connectivity index (χ1n) is 9.91. The molecule has 28 heavy (non-hydrogen) atoms. The molecule has 1 aromatic heterocycles. The van der Waals surface area contributed by atoms with Gasteiger partial charge in [-0.3, -0.25) is 14.6 Å². The maximum atomic E-state index is 13.2. The zero-order valence-corrected chi connectivity index (χ0v) is 16.6. The zero-order valence-electron chi connectivity index (χ0n) is 16.6. The standard InChI is InChI=1S/C22H28N4O2/c1-3-23-15-17-9-13-26(14-10-17)22(28)19-6-4-5-16(2)20(19)25-21(27)18-7-11-24-12-8-18/h4-8,11-12,17,23H,3,9-10,13-15H2,1-2H3,(H,25,27). The number of likely N-dealkylation sites (tertiary alicyclic amines) is 1. The minimum absolute atomic E-state index is 0.0179.